The topological polar surface area (TPSA) is 47.3 Å². The lowest BCUT2D eigenvalue weighted by atomic mass is 10.2. The maximum atomic E-state index is 10.9. The fourth-order valence-electron chi connectivity index (χ4n) is 0.651. The average molecular weight is 173 g/mol. The van der Waals surface area contributed by atoms with Crippen molar-refractivity contribution in [3.8, 4) is 0 Å². The summed E-state index contributed by atoms with van der Waals surface area (Å²) in [6.45, 7) is 0. The summed E-state index contributed by atoms with van der Waals surface area (Å²) < 4.78 is 4.74. The molecule has 11 heavy (non-hydrogen) atoms. The van der Waals surface area contributed by atoms with Crippen LogP contribution in [0.4, 0.5) is 0 Å². The van der Waals surface area contributed by atoms with E-state index in [4.69, 9.17) is 16.0 Å². The van der Waals surface area contributed by atoms with Gasteiger partial charge in [0.15, 0.2) is 5.76 Å². The molecule has 0 saturated heterocycles. The highest BCUT2D eigenvalue weighted by atomic mass is 35.5. The van der Waals surface area contributed by atoms with Crippen LogP contribution in [0.25, 0.3) is 0 Å². The Kier molecular flexibility index (Phi) is 2.44. The van der Waals surface area contributed by atoms with Gasteiger partial charge in [0.2, 0.25) is 11.0 Å². The van der Waals surface area contributed by atoms with Crippen LogP contribution in [0.3, 0.4) is 0 Å². The number of carbonyl (C=O) groups excluding carboxylic acids is 2. The molecule has 0 fully saturated rings. The minimum atomic E-state index is -0.675. The van der Waals surface area contributed by atoms with Gasteiger partial charge in [-0.05, 0) is 23.7 Å². The molecule has 0 amide bonds. The van der Waals surface area contributed by atoms with Crippen molar-refractivity contribution in [2.45, 2.75) is 6.42 Å². The summed E-state index contributed by atoms with van der Waals surface area (Å²) in [5.41, 5.74) is 0. The Morgan fingerprint density at radius 3 is 2.73 bits per heavy atom. The van der Waals surface area contributed by atoms with Gasteiger partial charge in [-0.1, -0.05) is 0 Å². The second kappa shape index (κ2) is 3.34. The molecule has 0 aliphatic heterocycles. The van der Waals surface area contributed by atoms with Gasteiger partial charge in [0.1, 0.15) is 0 Å². The molecule has 0 N–H and O–H groups in total. The first-order valence-electron chi connectivity index (χ1n) is 2.95. The van der Waals surface area contributed by atoms with E-state index in [2.05, 4.69) is 0 Å². The molecule has 0 aliphatic rings. The van der Waals surface area contributed by atoms with Gasteiger partial charge in [-0.2, -0.15) is 0 Å². The molecule has 58 valence electrons. The number of rotatable bonds is 3. The van der Waals surface area contributed by atoms with E-state index in [1.807, 2.05) is 0 Å². The molecular weight excluding hydrogens is 168 g/mol. The summed E-state index contributed by atoms with van der Waals surface area (Å²) in [4.78, 5) is 21.2. The quantitative estimate of drug-likeness (QED) is 0.396. The number of furan rings is 1. The first-order chi connectivity index (χ1) is 5.20. The monoisotopic (exact) mass is 172 g/mol. The molecule has 3 nitrogen and oxygen atoms in total. The standard InChI is InChI=1S/C7H5ClO3/c8-7(10)4-5(9)6-2-1-3-11-6/h1-3H,4H2. The van der Waals surface area contributed by atoms with Crippen molar-refractivity contribution in [1.82, 2.24) is 0 Å². The molecular formula is C7H5ClO3. The van der Waals surface area contributed by atoms with Gasteiger partial charge in [0.25, 0.3) is 0 Å². The molecule has 0 unspecified atom stereocenters. The van der Waals surface area contributed by atoms with Crippen LogP contribution >= 0.6 is 11.6 Å². The van der Waals surface area contributed by atoms with E-state index in [-0.39, 0.29) is 12.2 Å². The molecule has 1 aromatic rings. The summed E-state index contributed by atoms with van der Waals surface area (Å²) in [5, 5.41) is -0.675. The van der Waals surface area contributed by atoms with Crippen LogP contribution < -0.4 is 0 Å². The van der Waals surface area contributed by atoms with E-state index < -0.39 is 11.0 Å². The second-order valence-electron chi connectivity index (χ2n) is 1.93. The molecule has 0 radical (unpaired) electrons. The van der Waals surface area contributed by atoms with Crippen LogP contribution in [0.1, 0.15) is 17.0 Å². The third-order valence-corrected chi connectivity index (χ3v) is 1.23. The minimum Gasteiger partial charge on any atom is -0.461 e. The number of Topliss-reactive ketones (excluding diaryl/α,β-unsaturated/α-hetero) is 1. The van der Waals surface area contributed by atoms with E-state index in [0.29, 0.717) is 0 Å². The Bertz CT molecular complexity index is 263. The molecule has 4 heteroatoms. The predicted octanol–water partition coefficient (Wildman–Crippen LogP) is 1.62. The van der Waals surface area contributed by atoms with E-state index in [0.717, 1.165) is 0 Å². The Balaban J connectivity index is 2.64. The molecule has 1 heterocycles. The maximum absolute atomic E-state index is 10.9. The SMILES string of the molecule is O=C(Cl)CC(=O)c1ccco1. The summed E-state index contributed by atoms with van der Waals surface area (Å²) >= 11 is 4.99. The van der Waals surface area contributed by atoms with Crippen LogP contribution in [-0.2, 0) is 4.79 Å². The molecule has 0 aliphatic carbocycles. The Morgan fingerprint density at radius 1 is 1.55 bits per heavy atom. The minimum absolute atomic E-state index is 0.166. The van der Waals surface area contributed by atoms with Crippen molar-refractivity contribution in [3.63, 3.8) is 0 Å². The van der Waals surface area contributed by atoms with Gasteiger partial charge in [-0.15, -0.1) is 0 Å². The zero-order valence-electron chi connectivity index (χ0n) is 5.54. The maximum Gasteiger partial charge on any atom is 0.229 e. The number of hydrogen-bond donors (Lipinski definition) is 0. The van der Waals surface area contributed by atoms with E-state index >= 15 is 0 Å². The number of halogens is 1. The third kappa shape index (κ3) is 2.20. The number of ketones is 1. The van der Waals surface area contributed by atoms with Crippen molar-refractivity contribution in [1.29, 1.82) is 0 Å². The van der Waals surface area contributed by atoms with Gasteiger partial charge in [0.05, 0.1) is 12.7 Å². The van der Waals surface area contributed by atoms with Crippen molar-refractivity contribution < 1.29 is 14.0 Å². The van der Waals surface area contributed by atoms with Crippen molar-refractivity contribution in [3.05, 3.63) is 24.2 Å². The van der Waals surface area contributed by atoms with Crippen LogP contribution in [0, 0.1) is 0 Å². The largest absolute Gasteiger partial charge is 0.461 e. The summed E-state index contributed by atoms with van der Waals surface area (Å²) in [5.74, 6) is -0.228. The number of carbonyl (C=O) groups is 2. The van der Waals surface area contributed by atoms with Gasteiger partial charge >= 0.3 is 0 Å². The summed E-state index contributed by atoms with van der Waals surface area (Å²) in [6, 6.07) is 3.06. The van der Waals surface area contributed by atoms with Crippen LogP contribution in [0.15, 0.2) is 22.8 Å². The molecule has 0 spiro atoms. The third-order valence-electron chi connectivity index (χ3n) is 1.10. The fourth-order valence-corrected chi connectivity index (χ4v) is 0.772. The first-order valence-corrected chi connectivity index (χ1v) is 3.33. The first kappa shape index (κ1) is 8.01. The lowest BCUT2D eigenvalue weighted by Gasteiger charge is -1.88. The molecule has 1 rings (SSSR count). The fraction of sp³-hybridized carbons (Fsp3) is 0.143. The predicted molar refractivity (Wildman–Crippen MR) is 38.5 cm³/mol. The van der Waals surface area contributed by atoms with E-state index in [9.17, 15) is 9.59 Å². The number of hydrogen-bond acceptors (Lipinski definition) is 3. The smallest absolute Gasteiger partial charge is 0.229 e. The summed E-state index contributed by atoms with van der Waals surface area (Å²) in [6.07, 6.45) is 1.06. The highest BCUT2D eigenvalue weighted by Crippen LogP contribution is 2.04. The molecule has 0 aromatic carbocycles. The Hall–Kier alpha value is -1.09. The van der Waals surface area contributed by atoms with Crippen molar-refractivity contribution in [2.75, 3.05) is 0 Å². The molecule has 1 aromatic heterocycles. The van der Waals surface area contributed by atoms with Gasteiger partial charge in [-0.3, -0.25) is 9.59 Å². The summed E-state index contributed by atoms with van der Waals surface area (Å²) in [7, 11) is 0. The van der Waals surface area contributed by atoms with E-state index in [1.165, 1.54) is 12.3 Å². The van der Waals surface area contributed by atoms with Gasteiger partial charge in [0, 0.05) is 0 Å². The lowest BCUT2D eigenvalue weighted by Crippen LogP contribution is -2.01. The Morgan fingerprint density at radius 2 is 2.27 bits per heavy atom. The highest BCUT2D eigenvalue weighted by Gasteiger charge is 2.11. The van der Waals surface area contributed by atoms with Crippen LogP contribution in [0.5, 0.6) is 0 Å². The van der Waals surface area contributed by atoms with Gasteiger partial charge in [-0.25, -0.2) is 0 Å². The zero-order chi connectivity index (χ0) is 8.27. The van der Waals surface area contributed by atoms with Crippen LogP contribution in [-0.4, -0.2) is 11.0 Å². The van der Waals surface area contributed by atoms with Crippen molar-refractivity contribution in [2.24, 2.45) is 0 Å². The lowest BCUT2D eigenvalue weighted by molar-refractivity contribution is -0.110. The second-order valence-corrected chi connectivity index (χ2v) is 2.35. The average Bonchev–Trinajstić information content (AvgIpc) is 2.35. The molecule has 0 bridgehead atoms. The normalized spacial score (nSPS) is 9.55. The Labute approximate surface area is 67.9 Å². The molecule has 0 atom stereocenters. The van der Waals surface area contributed by atoms with Crippen LogP contribution in [0.2, 0.25) is 0 Å². The van der Waals surface area contributed by atoms with Gasteiger partial charge < -0.3 is 4.42 Å². The molecule has 0 saturated carbocycles. The van der Waals surface area contributed by atoms with Crippen molar-refractivity contribution >= 4 is 22.6 Å². The van der Waals surface area contributed by atoms with E-state index in [1.54, 1.807) is 6.07 Å². The highest BCUT2D eigenvalue weighted by molar-refractivity contribution is 6.65. The zero-order valence-corrected chi connectivity index (χ0v) is 6.30.